The molecule has 1 aliphatic carbocycles. The Morgan fingerprint density at radius 2 is 2.14 bits per heavy atom. The minimum Gasteiger partial charge on any atom is -0.375 e. The second kappa shape index (κ2) is 5.40. The van der Waals surface area contributed by atoms with E-state index in [1.807, 2.05) is 18.2 Å². The number of benzene rings is 1. The number of thiazole rings is 1. The lowest BCUT2D eigenvalue weighted by Crippen LogP contribution is -2.31. The van der Waals surface area contributed by atoms with Crippen molar-refractivity contribution >= 4 is 26.5 Å². The van der Waals surface area contributed by atoms with Gasteiger partial charge in [0.15, 0.2) is 9.34 Å². The first-order chi connectivity index (χ1) is 9.97. The molecule has 21 heavy (non-hydrogen) atoms. The number of rotatable bonds is 3. The van der Waals surface area contributed by atoms with E-state index in [9.17, 15) is 8.42 Å². The maximum atomic E-state index is 12.5. The summed E-state index contributed by atoms with van der Waals surface area (Å²) in [7, 11) is -3.59. The number of nitrogens with zero attached hydrogens (tertiary/aromatic N) is 1. The van der Waals surface area contributed by atoms with Gasteiger partial charge in [-0.2, -0.15) is 0 Å². The molecule has 112 valence electrons. The van der Waals surface area contributed by atoms with Gasteiger partial charge in [-0.05, 0) is 37.3 Å². The van der Waals surface area contributed by atoms with Gasteiger partial charge in [-0.3, -0.25) is 0 Å². The molecule has 1 aliphatic rings. The maximum absolute atomic E-state index is 12.5. The molecule has 3 N–H and O–H groups in total. The van der Waals surface area contributed by atoms with Crippen LogP contribution < -0.4 is 10.5 Å². The van der Waals surface area contributed by atoms with Crippen molar-refractivity contribution in [1.29, 1.82) is 0 Å². The van der Waals surface area contributed by atoms with Gasteiger partial charge in [0.25, 0.3) is 10.0 Å². The first-order valence-corrected chi connectivity index (χ1v) is 9.10. The van der Waals surface area contributed by atoms with E-state index in [2.05, 4.69) is 15.8 Å². The van der Waals surface area contributed by atoms with Gasteiger partial charge in [0.05, 0.1) is 5.69 Å². The van der Waals surface area contributed by atoms with Crippen molar-refractivity contribution in [2.75, 3.05) is 5.73 Å². The molecule has 2 aromatic rings. The predicted molar refractivity (Wildman–Crippen MR) is 83.7 cm³/mol. The average Bonchev–Trinajstić information content (AvgIpc) is 2.79. The number of aryl methyl sites for hydroxylation is 2. The number of fused-ring (bicyclic) bond motifs is 1. The summed E-state index contributed by atoms with van der Waals surface area (Å²) in [6.45, 7) is 1.66. The summed E-state index contributed by atoms with van der Waals surface area (Å²) in [4.78, 5) is 3.99. The van der Waals surface area contributed by atoms with Gasteiger partial charge in [0, 0.05) is 6.04 Å². The number of anilines is 1. The molecule has 1 unspecified atom stereocenters. The third-order valence-corrected chi connectivity index (χ3v) is 6.75. The van der Waals surface area contributed by atoms with Gasteiger partial charge in [0.1, 0.15) is 0 Å². The summed E-state index contributed by atoms with van der Waals surface area (Å²) < 4.78 is 28.1. The number of nitrogen functional groups attached to an aromatic ring is 1. The highest BCUT2D eigenvalue weighted by molar-refractivity contribution is 7.91. The summed E-state index contributed by atoms with van der Waals surface area (Å²) in [6, 6.07) is 7.81. The molecule has 3 rings (SSSR count). The minimum absolute atomic E-state index is 0.178. The molecule has 0 aliphatic heterocycles. The fourth-order valence-corrected chi connectivity index (χ4v) is 5.34. The van der Waals surface area contributed by atoms with E-state index in [-0.39, 0.29) is 15.4 Å². The van der Waals surface area contributed by atoms with Gasteiger partial charge in [-0.1, -0.05) is 35.6 Å². The summed E-state index contributed by atoms with van der Waals surface area (Å²) in [5.41, 5.74) is 8.35. The van der Waals surface area contributed by atoms with Crippen LogP contribution in [0.15, 0.2) is 28.5 Å². The van der Waals surface area contributed by atoms with Crippen molar-refractivity contribution in [3.8, 4) is 0 Å². The summed E-state index contributed by atoms with van der Waals surface area (Å²) in [5.74, 6) is 0. The normalized spacial score (nSPS) is 18.4. The number of hydrogen-bond acceptors (Lipinski definition) is 5. The lowest BCUT2D eigenvalue weighted by Gasteiger charge is -2.25. The Morgan fingerprint density at radius 3 is 2.86 bits per heavy atom. The first-order valence-electron chi connectivity index (χ1n) is 6.80. The highest BCUT2D eigenvalue weighted by Crippen LogP contribution is 2.32. The largest absolute Gasteiger partial charge is 0.375 e. The fraction of sp³-hybridized carbons (Fsp3) is 0.357. The fourth-order valence-electron chi connectivity index (χ4n) is 2.77. The smallest absolute Gasteiger partial charge is 0.252 e. The molecule has 5 nitrogen and oxygen atoms in total. The summed E-state index contributed by atoms with van der Waals surface area (Å²) >= 11 is 1.01. The zero-order chi connectivity index (χ0) is 15.0. The van der Waals surface area contributed by atoms with E-state index in [1.54, 1.807) is 6.92 Å². The van der Waals surface area contributed by atoms with Crippen LogP contribution in [0.3, 0.4) is 0 Å². The molecule has 1 heterocycles. The molecule has 0 radical (unpaired) electrons. The Bertz CT molecular complexity index is 768. The summed E-state index contributed by atoms with van der Waals surface area (Å²) in [6.07, 6.45) is 2.79. The molecule has 1 aromatic carbocycles. The minimum atomic E-state index is -3.59. The Morgan fingerprint density at radius 1 is 1.38 bits per heavy atom. The van der Waals surface area contributed by atoms with Crippen molar-refractivity contribution in [2.24, 2.45) is 0 Å². The highest BCUT2D eigenvalue weighted by atomic mass is 32.2. The van der Waals surface area contributed by atoms with Crippen molar-refractivity contribution in [3.05, 3.63) is 41.1 Å². The molecule has 1 aromatic heterocycles. The van der Waals surface area contributed by atoms with Crippen LogP contribution in [0.25, 0.3) is 0 Å². The molecule has 1 atom stereocenters. The second-order valence-corrected chi connectivity index (χ2v) is 8.13. The number of sulfonamides is 1. The van der Waals surface area contributed by atoms with Crippen molar-refractivity contribution in [3.63, 3.8) is 0 Å². The van der Waals surface area contributed by atoms with Crippen molar-refractivity contribution < 1.29 is 8.42 Å². The second-order valence-electron chi connectivity index (χ2n) is 5.19. The van der Waals surface area contributed by atoms with Gasteiger partial charge in [-0.15, -0.1) is 0 Å². The first kappa shape index (κ1) is 14.5. The molecule has 7 heteroatoms. The molecule has 0 amide bonds. The van der Waals surface area contributed by atoms with Crippen LogP contribution >= 0.6 is 11.3 Å². The maximum Gasteiger partial charge on any atom is 0.252 e. The van der Waals surface area contributed by atoms with E-state index < -0.39 is 10.0 Å². The lowest BCUT2D eigenvalue weighted by molar-refractivity contribution is 0.508. The monoisotopic (exact) mass is 323 g/mol. The van der Waals surface area contributed by atoms with E-state index in [0.29, 0.717) is 5.69 Å². The Hall–Kier alpha value is -1.44. The molecule has 0 bridgehead atoms. The van der Waals surface area contributed by atoms with Crippen molar-refractivity contribution in [1.82, 2.24) is 9.71 Å². The third kappa shape index (κ3) is 2.81. The van der Waals surface area contributed by atoms with Crippen LogP contribution in [-0.2, 0) is 16.4 Å². The van der Waals surface area contributed by atoms with Gasteiger partial charge in [-0.25, -0.2) is 18.1 Å². The molecular weight excluding hydrogens is 306 g/mol. The Labute approximate surface area is 128 Å². The quantitative estimate of drug-likeness (QED) is 0.908. The van der Waals surface area contributed by atoms with E-state index >= 15 is 0 Å². The van der Waals surface area contributed by atoms with E-state index in [4.69, 9.17) is 5.73 Å². The molecule has 0 fully saturated rings. The van der Waals surface area contributed by atoms with E-state index in [1.165, 1.54) is 5.56 Å². The zero-order valence-electron chi connectivity index (χ0n) is 11.7. The number of aromatic nitrogens is 1. The van der Waals surface area contributed by atoms with Crippen LogP contribution in [0.4, 0.5) is 5.13 Å². The van der Waals surface area contributed by atoms with Crippen LogP contribution in [0, 0.1) is 6.92 Å². The van der Waals surface area contributed by atoms with Crippen LogP contribution in [0.2, 0.25) is 0 Å². The topological polar surface area (TPSA) is 85.1 Å². The number of nitrogens with one attached hydrogen (secondary N) is 1. The zero-order valence-corrected chi connectivity index (χ0v) is 13.3. The van der Waals surface area contributed by atoms with Gasteiger partial charge in [0.2, 0.25) is 0 Å². The van der Waals surface area contributed by atoms with Gasteiger partial charge < -0.3 is 5.73 Å². The number of hydrogen-bond donors (Lipinski definition) is 2. The van der Waals surface area contributed by atoms with E-state index in [0.717, 1.165) is 36.2 Å². The van der Waals surface area contributed by atoms with Crippen LogP contribution in [0.5, 0.6) is 0 Å². The standard InChI is InChI=1S/C14H17N3O2S2/c1-9-13(20-14(15)16-9)21(18,19)17-12-8-4-6-10-5-2-3-7-11(10)12/h2-3,5,7,12,17H,4,6,8H2,1H3,(H2,15,16). The Kier molecular flexibility index (Phi) is 3.73. The SMILES string of the molecule is Cc1nc(N)sc1S(=O)(=O)NC1CCCc2ccccc21. The van der Waals surface area contributed by atoms with Gasteiger partial charge >= 0.3 is 0 Å². The molecule has 0 spiro atoms. The highest BCUT2D eigenvalue weighted by Gasteiger charge is 2.28. The van der Waals surface area contributed by atoms with Crippen LogP contribution in [-0.4, -0.2) is 13.4 Å². The predicted octanol–water partition coefficient (Wildman–Crippen LogP) is 2.39. The third-order valence-electron chi connectivity index (χ3n) is 3.68. The molecule has 0 saturated heterocycles. The average molecular weight is 323 g/mol. The van der Waals surface area contributed by atoms with Crippen LogP contribution in [0.1, 0.15) is 35.7 Å². The molecule has 0 saturated carbocycles. The number of nitrogens with two attached hydrogens (primary N) is 1. The molecular formula is C14H17N3O2S2. The lowest BCUT2D eigenvalue weighted by atomic mass is 9.88. The summed E-state index contributed by atoms with van der Waals surface area (Å²) in [5, 5.41) is 0.275. The Balaban J connectivity index is 1.92. The van der Waals surface area contributed by atoms with Crippen molar-refractivity contribution in [2.45, 2.75) is 36.4 Å².